The van der Waals surface area contributed by atoms with Gasteiger partial charge in [0.25, 0.3) is 0 Å². The summed E-state index contributed by atoms with van der Waals surface area (Å²) in [5.41, 5.74) is 0. The molecule has 0 aliphatic carbocycles. The van der Waals surface area contributed by atoms with Crippen LogP contribution < -0.4 is 5.32 Å². The van der Waals surface area contributed by atoms with Gasteiger partial charge in [-0.1, -0.05) is 0 Å². The fourth-order valence-electron chi connectivity index (χ4n) is 2.13. The SMILES string of the molecule is C[C@H]1CNCCN1C(=O)C1CCOC1. The zero-order chi connectivity index (χ0) is 9.97. The van der Waals surface area contributed by atoms with Gasteiger partial charge in [-0.2, -0.15) is 0 Å². The van der Waals surface area contributed by atoms with E-state index >= 15 is 0 Å². The first-order chi connectivity index (χ1) is 6.79. The molecule has 0 saturated carbocycles. The second-order valence-electron chi connectivity index (χ2n) is 4.15. The molecule has 4 nitrogen and oxygen atoms in total. The maximum Gasteiger partial charge on any atom is 0.228 e. The lowest BCUT2D eigenvalue weighted by Gasteiger charge is -2.35. The lowest BCUT2D eigenvalue weighted by molar-refractivity contribution is -0.138. The number of ether oxygens (including phenoxy) is 1. The molecule has 4 heteroatoms. The summed E-state index contributed by atoms with van der Waals surface area (Å²) in [7, 11) is 0. The Morgan fingerprint density at radius 3 is 3.07 bits per heavy atom. The van der Waals surface area contributed by atoms with Crippen molar-refractivity contribution in [2.75, 3.05) is 32.8 Å². The molecule has 1 amide bonds. The Morgan fingerprint density at radius 2 is 2.43 bits per heavy atom. The van der Waals surface area contributed by atoms with Crippen LogP contribution in [0.5, 0.6) is 0 Å². The predicted molar refractivity (Wildman–Crippen MR) is 53.0 cm³/mol. The van der Waals surface area contributed by atoms with Crippen molar-refractivity contribution in [2.24, 2.45) is 5.92 Å². The molecular weight excluding hydrogens is 180 g/mol. The zero-order valence-electron chi connectivity index (χ0n) is 8.66. The molecule has 2 atom stereocenters. The number of carbonyl (C=O) groups excluding carboxylic acids is 1. The number of hydrogen-bond donors (Lipinski definition) is 1. The summed E-state index contributed by atoms with van der Waals surface area (Å²) in [6.07, 6.45) is 0.898. The van der Waals surface area contributed by atoms with E-state index in [1.165, 1.54) is 0 Å². The normalized spacial score (nSPS) is 33.4. The van der Waals surface area contributed by atoms with E-state index in [9.17, 15) is 4.79 Å². The van der Waals surface area contributed by atoms with Gasteiger partial charge in [0.05, 0.1) is 12.5 Å². The number of rotatable bonds is 1. The van der Waals surface area contributed by atoms with Gasteiger partial charge >= 0.3 is 0 Å². The van der Waals surface area contributed by atoms with Crippen LogP contribution in [-0.2, 0) is 9.53 Å². The van der Waals surface area contributed by atoms with Crippen molar-refractivity contribution >= 4 is 5.91 Å². The van der Waals surface area contributed by atoms with Crippen LogP contribution in [0.4, 0.5) is 0 Å². The van der Waals surface area contributed by atoms with Gasteiger partial charge in [0, 0.05) is 32.3 Å². The van der Waals surface area contributed by atoms with E-state index in [-0.39, 0.29) is 11.8 Å². The van der Waals surface area contributed by atoms with Crippen LogP contribution >= 0.6 is 0 Å². The first kappa shape index (κ1) is 9.93. The molecule has 1 N–H and O–H groups in total. The third kappa shape index (κ3) is 1.91. The number of hydrogen-bond acceptors (Lipinski definition) is 3. The van der Waals surface area contributed by atoms with Crippen LogP contribution in [0.1, 0.15) is 13.3 Å². The summed E-state index contributed by atoms with van der Waals surface area (Å²) in [5.74, 6) is 0.409. The summed E-state index contributed by atoms with van der Waals surface area (Å²) in [6, 6.07) is 0.330. The standard InChI is InChI=1S/C10H18N2O2/c1-8-6-11-3-4-12(8)10(13)9-2-5-14-7-9/h8-9,11H,2-7H2,1H3/t8-,9?/m0/s1. The Kier molecular flexibility index (Phi) is 3.03. The van der Waals surface area contributed by atoms with Crippen LogP contribution in [0.15, 0.2) is 0 Å². The monoisotopic (exact) mass is 198 g/mol. The van der Waals surface area contributed by atoms with Gasteiger partial charge in [-0.15, -0.1) is 0 Å². The van der Waals surface area contributed by atoms with Crippen LogP contribution in [-0.4, -0.2) is 49.7 Å². The van der Waals surface area contributed by atoms with Crippen LogP contribution in [0, 0.1) is 5.92 Å². The van der Waals surface area contributed by atoms with Crippen LogP contribution in [0.3, 0.4) is 0 Å². The minimum atomic E-state index is 0.121. The van der Waals surface area contributed by atoms with Crippen molar-refractivity contribution in [2.45, 2.75) is 19.4 Å². The maximum absolute atomic E-state index is 12.0. The van der Waals surface area contributed by atoms with Gasteiger partial charge in [-0.3, -0.25) is 4.79 Å². The largest absolute Gasteiger partial charge is 0.381 e. The number of nitrogens with zero attached hydrogens (tertiary/aromatic N) is 1. The predicted octanol–water partition coefficient (Wildman–Crippen LogP) is -0.157. The molecule has 0 radical (unpaired) electrons. The highest BCUT2D eigenvalue weighted by Gasteiger charge is 2.31. The van der Waals surface area contributed by atoms with E-state index in [2.05, 4.69) is 12.2 Å². The molecule has 0 aromatic rings. The lowest BCUT2D eigenvalue weighted by atomic mass is 10.1. The highest BCUT2D eigenvalue weighted by atomic mass is 16.5. The van der Waals surface area contributed by atoms with E-state index in [0.717, 1.165) is 32.7 Å². The van der Waals surface area contributed by atoms with Crippen LogP contribution in [0.25, 0.3) is 0 Å². The number of nitrogens with one attached hydrogen (secondary N) is 1. The van der Waals surface area contributed by atoms with E-state index in [0.29, 0.717) is 12.6 Å². The average Bonchev–Trinajstić information content (AvgIpc) is 2.70. The fraction of sp³-hybridized carbons (Fsp3) is 0.900. The third-order valence-electron chi connectivity index (χ3n) is 3.06. The molecule has 2 saturated heterocycles. The minimum absolute atomic E-state index is 0.121. The Morgan fingerprint density at radius 1 is 1.57 bits per heavy atom. The molecule has 2 rings (SSSR count). The third-order valence-corrected chi connectivity index (χ3v) is 3.06. The van der Waals surface area contributed by atoms with E-state index in [1.54, 1.807) is 0 Å². The second-order valence-corrected chi connectivity index (χ2v) is 4.15. The lowest BCUT2D eigenvalue weighted by Crippen LogP contribution is -2.53. The molecule has 2 aliphatic rings. The van der Waals surface area contributed by atoms with Crippen molar-refractivity contribution in [3.63, 3.8) is 0 Å². The van der Waals surface area contributed by atoms with Crippen molar-refractivity contribution in [3.8, 4) is 0 Å². The minimum Gasteiger partial charge on any atom is -0.381 e. The van der Waals surface area contributed by atoms with Gasteiger partial charge < -0.3 is 15.0 Å². The second kappa shape index (κ2) is 4.28. The molecule has 2 fully saturated rings. The van der Waals surface area contributed by atoms with E-state index in [4.69, 9.17) is 4.74 Å². The number of piperazine rings is 1. The van der Waals surface area contributed by atoms with Gasteiger partial charge in [-0.05, 0) is 13.3 Å². The average molecular weight is 198 g/mol. The van der Waals surface area contributed by atoms with Crippen molar-refractivity contribution in [3.05, 3.63) is 0 Å². The Labute approximate surface area is 84.6 Å². The molecule has 0 aromatic carbocycles. The van der Waals surface area contributed by atoms with Crippen LogP contribution in [0.2, 0.25) is 0 Å². The Balaban J connectivity index is 1.94. The zero-order valence-corrected chi connectivity index (χ0v) is 8.66. The summed E-state index contributed by atoms with van der Waals surface area (Å²) in [5, 5.41) is 3.28. The van der Waals surface area contributed by atoms with E-state index < -0.39 is 0 Å². The molecule has 80 valence electrons. The molecule has 0 spiro atoms. The van der Waals surface area contributed by atoms with E-state index in [1.807, 2.05) is 4.90 Å². The Hall–Kier alpha value is -0.610. The molecule has 0 bridgehead atoms. The van der Waals surface area contributed by atoms with Crippen molar-refractivity contribution in [1.82, 2.24) is 10.2 Å². The molecule has 14 heavy (non-hydrogen) atoms. The first-order valence-electron chi connectivity index (χ1n) is 5.38. The van der Waals surface area contributed by atoms with Crippen molar-refractivity contribution in [1.29, 1.82) is 0 Å². The van der Waals surface area contributed by atoms with Gasteiger partial charge in [0.15, 0.2) is 0 Å². The number of carbonyl (C=O) groups is 1. The number of amides is 1. The summed E-state index contributed by atoms with van der Waals surface area (Å²) in [4.78, 5) is 14.0. The highest BCUT2D eigenvalue weighted by molar-refractivity contribution is 5.79. The van der Waals surface area contributed by atoms with Gasteiger partial charge in [0.1, 0.15) is 0 Å². The summed E-state index contributed by atoms with van der Waals surface area (Å²) in [6.45, 7) is 6.14. The summed E-state index contributed by atoms with van der Waals surface area (Å²) >= 11 is 0. The molecular formula is C10H18N2O2. The summed E-state index contributed by atoms with van der Waals surface area (Å²) < 4.78 is 5.24. The van der Waals surface area contributed by atoms with Gasteiger partial charge in [-0.25, -0.2) is 0 Å². The molecule has 2 heterocycles. The smallest absolute Gasteiger partial charge is 0.228 e. The van der Waals surface area contributed by atoms with Gasteiger partial charge in [0.2, 0.25) is 5.91 Å². The molecule has 1 unspecified atom stereocenters. The first-order valence-corrected chi connectivity index (χ1v) is 5.38. The molecule has 0 aromatic heterocycles. The maximum atomic E-state index is 12.0. The fourth-order valence-corrected chi connectivity index (χ4v) is 2.13. The van der Waals surface area contributed by atoms with Crippen molar-refractivity contribution < 1.29 is 9.53 Å². The topological polar surface area (TPSA) is 41.6 Å². The molecule has 2 aliphatic heterocycles. The Bertz CT molecular complexity index is 214. The quantitative estimate of drug-likeness (QED) is 0.637. The highest BCUT2D eigenvalue weighted by Crippen LogP contribution is 2.17.